The number of thiophene rings is 1. The van der Waals surface area contributed by atoms with Crippen molar-refractivity contribution in [3.63, 3.8) is 0 Å². The molecule has 1 aromatic heterocycles. The average Bonchev–Trinajstić information content (AvgIpc) is 2.47. The molecular formula is C10H5Br2FS. The highest BCUT2D eigenvalue weighted by atomic mass is 79.9. The lowest BCUT2D eigenvalue weighted by molar-refractivity contribution is 0.628. The van der Waals surface area contributed by atoms with Crippen molar-refractivity contribution in [2.45, 2.75) is 0 Å². The van der Waals surface area contributed by atoms with Gasteiger partial charge in [0.25, 0.3) is 0 Å². The molecule has 0 unspecified atom stereocenters. The molecular weight excluding hydrogens is 331 g/mol. The molecule has 2 rings (SSSR count). The molecule has 0 atom stereocenters. The molecule has 1 aromatic carbocycles. The zero-order valence-corrected chi connectivity index (χ0v) is 10.9. The second kappa shape index (κ2) is 4.13. The van der Waals surface area contributed by atoms with Crippen LogP contribution in [0.5, 0.6) is 0 Å². The van der Waals surface area contributed by atoms with Gasteiger partial charge in [-0.25, -0.2) is 4.39 Å². The van der Waals surface area contributed by atoms with Gasteiger partial charge < -0.3 is 0 Å². The molecule has 0 aliphatic rings. The van der Waals surface area contributed by atoms with Gasteiger partial charge in [0.05, 0.1) is 7.57 Å². The van der Waals surface area contributed by atoms with Crippen LogP contribution in [-0.4, -0.2) is 0 Å². The maximum atomic E-state index is 12.7. The Morgan fingerprint density at radius 2 is 1.71 bits per heavy atom. The molecule has 4 heteroatoms. The molecule has 0 amide bonds. The van der Waals surface area contributed by atoms with Crippen LogP contribution >= 0.6 is 43.2 Å². The molecule has 0 fully saturated rings. The highest BCUT2D eigenvalue weighted by Crippen LogP contribution is 2.38. The Hall–Kier alpha value is -0.190. The Balaban J connectivity index is 2.49. The topological polar surface area (TPSA) is 0 Å². The summed E-state index contributed by atoms with van der Waals surface area (Å²) in [6.45, 7) is 0. The fourth-order valence-corrected chi connectivity index (χ4v) is 4.03. The van der Waals surface area contributed by atoms with Crippen molar-refractivity contribution in [3.8, 4) is 11.1 Å². The quantitative estimate of drug-likeness (QED) is 0.681. The van der Waals surface area contributed by atoms with Gasteiger partial charge in [-0.15, -0.1) is 11.3 Å². The van der Waals surface area contributed by atoms with Gasteiger partial charge in [-0.3, -0.25) is 0 Å². The summed E-state index contributed by atoms with van der Waals surface area (Å²) < 4.78 is 14.8. The third kappa shape index (κ3) is 2.07. The first-order chi connectivity index (χ1) is 6.66. The van der Waals surface area contributed by atoms with Crippen LogP contribution in [0.25, 0.3) is 11.1 Å². The fraction of sp³-hybridized carbons (Fsp3) is 0. The van der Waals surface area contributed by atoms with Crippen molar-refractivity contribution in [1.29, 1.82) is 0 Å². The van der Waals surface area contributed by atoms with Gasteiger partial charge in [0.15, 0.2) is 0 Å². The fourth-order valence-electron chi connectivity index (χ4n) is 1.17. The first kappa shape index (κ1) is 10.3. The zero-order valence-electron chi connectivity index (χ0n) is 6.93. The van der Waals surface area contributed by atoms with E-state index in [-0.39, 0.29) is 5.82 Å². The lowest BCUT2D eigenvalue weighted by Crippen LogP contribution is -1.76. The van der Waals surface area contributed by atoms with Crippen LogP contribution in [0.15, 0.2) is 37.9 Å². The van der Waals surface area contributed by atoms with E-state index in [1.54, 1.807) is 23.5 Å². The van der Waals surface area contributed by atoms with E-state index in [4.69, 9.17) is 0 Å². The summed E-state index contributed by atoms with van der Waals surface area (Å²) in [5, 5.41) is 0. The molecule has 0 aliphatic heterocycles. The van der Waals surface area contributed by atoms with Crippen molar-refractivity contribution >= 4 is 43.2 Å². The molecule has 0 nitrogen and oxygen atoms in total. The smallest absolute Gasteiger partial charge is 0.123 e. The van der Waals surface area contributed by atoms with Gasteiger partial charge in [0.2, 0.25) is 0 Å². The monoisotopic (exact) mass is 334 g/mol. The molecule has 0 spiro atoms. The largest absolute Gasteiger partial charge is 0.207 e. The number of rotatable bonds is 1. The van der Waals surface area contributed by atoms with Crippen LogP contribution in [0.1, 0.15) is 0 Å². The first-order valence-corrected chi connectivity index (χ1v) is 6.28. The summed E-state index contributed by atoms with van der Waals surface area (Å²) in [5.74, 6) is -0.209. The van der Waals surface area contributed by atoms with Crippen LogP contribution in [0, 0.1) is 5.82 Å². The van der Waals surface area contributed by atoms with Crippen molar-refractivity contribution in [3.05, 3.63) is 43.7 Å². The third-order valence-electron chi connectivity index (χ3n) is 1.81. The Bertz CT molecular complexity index is 448. The van der Waals surface area contributed by atoms with Crippen molar-refractivity contribution in [2.24, 2.45) is 0 Å². The van der Waals surface area contributed by atoms with Crippen LogP contribution in [0.2, 0.25) is 0 Å². The molecule has 0 radical (unpaired) electrons. The van der Waals surface area contributed by atoms with E-state index in [0.29, 0.717) is 0 Å². The van der Waals surface area contributed by atoms with Gasteiger partial charge in [0.1, 0.15) is 5.82 Å². The summed E-state index contributed by atoms with van der Waals surface area (Å²) in [6, 6.07) is 8.49. The van der Waals surface area contributed by atoms with E-state index in [1.165, 1.54) is 12.1 Å². The van der Waals surface area contributed by atoms with Crippen LogP contribution in [-0.2, 0) is 0 Å². The van der Waals surface area contributed by atoms with E-state index in [0.717, 1.165) is 18.7 Å². The number of benzene rings is 1. The minimum Gasteiger partial charge on any atom is -0.207 e. The van der Waals surface area contributed by atoms with Gasteiger partial charge in [0, 0.05) is 5.56 Å². The summed E-state index contributed by atoms with van der Waals surface area (Å²) in [7, 11) is 0. The van der Waals surface area contributed by atoms with Crippen LogP contribution < -0.4 is 0 Å². The molecule has 0 saturated heterocycles. The van der Waals surface area contributed by atoms with Crippen LogP contribution in [0.3, 0.4) is 0 Å². The Labute approximate surface area is 102 Å². The van der Waals surface area contributed by atoms with E-state index < -0.39 is 0 Å². The molecule has 1 heterocycles. The number of hydrogen-bond donors (Lipinski definition) is 0. The van der Waals surface area contributed by atoms with Crippen LogP contribution in [0.4, 0.5) is 4.39 Å². The van der Waals surface area contributed by atoms with Crippen molar-refractivity contribution in [2.75, 3.05) is 0 Å². The highest BCUT2D eigenvalue weighted by molar-refractivity contribution is 9.12. The predicted molar refractivity (Wildman–Crippen MR) is 65.1 cm³/mol. The minimum absolute atomic E-state index is 0.209. The molecule has 72 valence electrons. The molecule has 0 N–H and O–H groups in total. The summed E-state index contributed by atoms with van der Waals surface area (Å²) in [5.41, 5.74) is 2.10. The van der Waals surface area contributed by atoms with E-state index in [9.17, 15) is 4.39 Å². The zero-order chi connectivity index (χ0) is 10.1. The van der Waals surface area contributed by atoms with E-state index in [1.807, 2.05) is 6.07 Å². The summed E-state index contributed by atoms with van der Waals surface area (Å²) in [6.07, 6.45) is 0. The Morgan fingerprint density at radius 3 is 2.21 bits per heavy atom. The second-order valence-corrected chi connectivity index (χ2v) is 6.49. The Kier molecular flexibility index (Phi) is 3.04. The number of halogens is 3. The minimum atomic E-state index is -0.209. The van der Waals surface area contributed by atoms with Crippen molar-refractivity contribution < 1.29 is 4.39 Å². The lowest BCUT2D eigenvalue weighted by Gasteiger charge is -1.97. The number of hydrogen-bond acceptors (Lipinski definition) is 1. The van der Waals surface area contributed by atoms with Gasteiger partial charge >= 0.3 is 0 Å². The first-order valence-electron chi connectivity index (χ1n) is 3.87. The maximum absolute atomic E-state index is 12.7. The standard InChI is InChI=1S/C10H5Br2FS/c11-9-5-8(10(12)14-9)6-1-3-7(13)4-2-6/h1-5H. The predicted octanol–water partition coefficient (Wildman–Crippen LogP) is 5.08. The lowest BCUT2D eigenvalue weighted by atomic mass is 10.1. The van der Waals surface area contributed by atoms with Gasteiger partial charge in [-0.05, 0) is 55.6 Å². The van der Waals surface area contributed by atoms with E-state index in [2.05, 4.69) is 31.9 Å². The average molecular weight is 336 g/mol. The molecule has 14 heavy (non-hydrogen) atoms. The van der Waals surface area contributed by atoms with Crippen molar-refractivity contribution in [1.82, 2.24) is 0 Å². The SMILES string of the molecule is Fc1ccc(-c2cc(Br)sc2Br)cc1. The normalized spacial score (nSPS) is 10.5. The third-order valence-corrected chi connectivity index (χ3v) is 4.15. The molecule has 0 saturated carbocycles. The maximum Gasteiger partial charge on any atom is 0.123 e. The van der Waals surface area contributed by atoms with Gasteiger partial charge in [-0.1, -0.05) is 12.1 Å². The highest BCUT2D eigenvalue weighted by Gasteiger charge is 2.07. The van der Waals surface area contributed by atoms with E-state index >= 15 is 0 Å². The second-order valence-electron chi connectivity index (χ2n) is 2.74. The summed E-state index contributed by atoms with van der Waals surface area (Å²) >= 11 is 8.48. The Morgan fingerprint density at radius 1 is 1.07 bits per heavy atom. The molecule has 2 aromatic rings. The summed E-state index contributed by atoms with van der Waals surface area (Å²) in [4.78, 5) is 0. The molecule has 0 bridgehead atoms. The van der Waals surface area contributed by atoms with Gasteiger partial charge in [-0.2, -0.15) is 0 Å². The molecule has 0 aliphatic carbocycles.